The molecule has 1 saturated heterocycles. The van der Waals surface area contributed by atoms with Gasteiger partial charge >= 0.3 is 0 Å². The second-order valence-corrected chi connectivity index (χ2v) is 3.16. The molecule has 54 valence electrons. The predicted octanol–water partition coefficient (Wildman–Crippen LogP) is 0.677. The first-order valence-electron chi connectivity index (χ1n) is 3.18. The van der Waals surface area contributed by atoms with Gasteiger partial charge in [-0.15, -0.1) is 0 Å². The number of rotatable bonds is 0. The molecule has 0 aliphatic carbocycles. The van der Waals surface area contributed by atoms with Crippen molar-refractivity contribution in [2.24, 2.45) is 0 Å². The fourth-order valence-electron chi connectivity index (χ4n) is 1.11. The van der Waals surface area contributed by atoms with E-state index >= 15 is 0 Å². The first-order chi connectivity index (χ1) is 4.04. The van der Waals surface area contributed by atoms with Crippen molar-refractivity contribution in [3.63, 3.8) is 0 Å². The molecule has 0 aromatic rings. The van der Waals surface area contributed by atoms with Crippen molar-refractivity contribution >= 4 is 0 Å². The van der Waals surface area contributed by atoms with Gasteiger partial charge in [0, 0.05) is 5.54 Å². The summed E-state index contributed by atoms with van der Waals surface area (Å²) in [5.41, 5.74) is -0.348. The van der Waals surface area contributed by atoms with E-state index in [-0.39, 0.29) is 5.54 Å². The van der Waals surface area contributed by atoms with Gasteiger partial charge in [0.1, 0.15) is 0 Å². The molecule has 0 aromatic carbocycles. The third-order valence-electron chi connectivity index (χ3n) is 1.88. The van der Waals surface area contributed by atoms with Crippen LogP contribution in [-0.2, 0) is 0 Å². The summed E-state index contributed by atoms with van der Waals surface area (Å²) in [6, 6.07) is 0. The van der Waals surface area contributed by atoms with Crippen molar-refractivity contribution in [1.29, 1.82) is 0 Å². The average molecular weight is 130 g/mol. The minimum atomic E-state index is -0.764. The Kier molecular flexibility index (Phi) is 1.50. The van der Waals surface area contributed by atoms with E-state index in [0.717, 1.165) is 11.5 Å². The van der Waals surface area contributed by atoms with Crippen LogP contribution in [0.25, 0.3) is 0 Å². The van der Waals surface area contributed by atoms with E-state index in [1.54, 1.807) is 0 Å². The molecule has 1 atom stereocenters. The van der Waals surface area contributed by atoms with Gasteiger partial charge in [-0.3, -0.25) is 0 Å². The summed E-state index contributed by atoms with van der Waals surface area (Å²) in [7, 11) is 0. The summed E-state index contributed by atoms with van der Waals surface area (Å²) >= 11 is 0. The van der Waals surface area contributed by atoms with Crippen LogP contribution in [0.2, 0.25) is 0 Å². The third kappa shape index (κ3) is 1.08. The number of aliphatic hydroxyl groups excluding tert-OH is 1. The van der Waals surface area contributed by atoms with Gasteiger partial charge in [0.2, 0.25) is 0 Å². The molecule has 0 saturated carbocycles. The summed E-state index contributed by atoms with van der Waals surface area (Å²) in [6.45, 7) is 3.69. The summed E-state index contributed by atoms with van der Waals surface area (Å²) in [5, 5.41) is 20.6. The molecule has 9 heavy (non-hydrogen) atoms. The fraction of sp³-hybridized carbons (Fsp3) is 1.00. The quantitative estimate of drug-likeness (QED) is 0.524. The maximum atomic E-state index is 10.9. The van der Waals surface area contributed by atoms with E-state index in [4.69, 9.17) is 5.11 Å². The molecule has 1 unspecified atom stereocenters. The molecule has 3 nitrogen and oxygen atoms in total. The Balaban J connectivity index is 2.62. The van der Waals surface area contributed by atoms with Crippen LogP contribution in [0.5, 0.6) is 0 Å². The normalized spacial score (nSPS) is 35.3. The van der Waals surface area contributed by atoms with E-state index in [1.165, 1.54) is 0 Å². The lowest BCUT2D eigenvalue weighted by molar-refractivity contribution is 0.0319. The molecule has 0 amide bonds. The fourth-order valence-corrected chi connectivity index (χ4v) is 1.11. The van der Waals surface area contributed by atoms with Crippen molar-refractivity contribution in [1.82, 2.24) is 5.06 Å². The molecule has 1 fully saturated rings. The molecule has 0 radical (unpaired) electrons. The average Bonchev–Trinajstić information content (AvgIpc) is 1.97. The Labute approximate surface area is 54.9 Å². The second-order valence-electron chi connectivity index (χ2n) is 3.16. The zero-order chi connectivity index (χ0) is 7.07. The molecule has 3 heteroatoms. The third-order valence-corrected chi connectivity index (χ3v) is 1.88. The van der Waals surface area contributed by atoms with Crippen LogP contribution in [0, 0.1) is 5.21 Å². The van der Waals surface area contributed by atoms with Crippen molar-refractivity contribution < 1.29 is 5.11 Å². The highest BCUT2D eigenvalue weighted by atomic mass is 16.5. The predicted molar refractivity (Wildman–Crippen MR) is 34.5 cm³/mol. The Bertz CT molecular complexity index is 114. The topological polar surface area (TPSA) is 46.5 Å². The van der Waals surface area contributed by atoms with Crippen molar-refractivity contribution in [2.45, 2.75) is 38.5 Å². The summed E-state index contributed by atoms with van der Waals surface area (Å²) in [4.78, 5) is 0. The lowest BCUT2D eigenvalue weighted by Gasteiger charge is -2.39. The first kappa shape index (κ1) is 6.99. The lowest BCUT2D eigenvalue weighted by atomic mass is 10.0. The number of aliphatic hydroxyl groups is 1. The van der Waals surface area contributed by atoms with Crippen LogP contribution in [0.4, 0.5) is 0 Å². The number of hydroxylamine groups is 2. The van der Waals surface area contributed by atoms with Gasteiger partial charge in [0.15, 0.2) is 0 Å². The minimum Gasteiger partial charge on any atom is -0.783 e. The Morgan fingerprint density at radius 2 is 2.22 bits per heavy atom. The van der Waals surface area contributed by atoms with Gasteiger partial charge in [-0.25, -0.2) is 0 Å². The van der Waals surface area contributed by atoms with Gasteiger partial charge in [-0.05, 0) is 26.7 Å². The zero-order valence-corrected chi connectivity index (χ0v) is 5.79. The maximum absolute atomic E-state index is 10.9. The van der Waals surface area contributed by atoms with Gasteiger partial charge in [-0.1, -0.05) is 0 Å². The van der Waals surface area contributed by atoms with Crippen LogP contribution in [-0.4, -0.2) is 21.9 Å². The smallest absolute Gasteiger partial charge is 0.0961 e. The molecular formula is C6H12NO2-. The molecule has 0 bridgehead atoms. The standard InChI is InChI=1S/C6H12NO2/c1-6(2)4-3-5(8)7(6)9/h5,8H,3-4H2,1-2H3/q-1. The van der Waals surface area contributed by atoms with Crippen molar-refractivity contribution in [2.75, 3.05) is 0 Å². The van der Waals surface area contributed by atoms with Crippen LogP contribution in [0.3, 0.4) is 0 Å². The monoisotopic (exact) mass is 130 g/mol. The highest BCUT2D eigenvalue weighted by Crippen LogP contribution is 2.30. The summed E-state index contributed by atoms with van der Waals surface area (Å²) < 4.78 is 0. The van der Waals surface area contributed by atoms with Gasteiger partial charge in [0.05, 0.1) is 6.23 Å². The molecule has 0 spiro atoms. The van der Waals surface area contributed by atoms with E-state index in [1.807, 2.05) is 13.8 Å². The van der Waals surface area contributed by atoms with Crippen molar-refractivity contribution in [3.05, 3.63) is 5.21 Å². The zero-order valence-electron chi connectivity index (χ0n) is 5.79. The summed E-state index contributed by atoms with van der Waals surface area (Å²) in [5.74, 6) is 0. The SMILES string of the molecule is CC1(C)CCC(O)N1[O-]. The molecule has 1 heterocycles. The summed E-state index contributed by atoms with van der Waals surface area (Å²) in [6.07, 6.45) is 0.633. The van der Waals surface area contributed by atoms with Crippen LogP contribution < -0.4 is 0 Å². The van der Waals surface area contributed by atoms with E-state index in [9.17, 15) is 5.21 Å². The Morgan fingerprint density at radius 3 is 2.33 bits per heavy atom. The van der Waals surface area contributed by atoms with Gasteiger partial charge in [-0.2, -0.15) is 0 Å². The minimum absolute atomic E-state index is 0.348. The maximum Gasteiger partial charge on any atom is 0.0961 e. The highest BCUT2D eigenvalue weighted by molar-refractivity contribution is 4.90. The Hall–Kier alpha value is -0.120. The lowest BCUT2D eigenvalue weighted by Crippen LogP contribution is -2.37. The van der Waals surface area contributed by atoms with Crippen LogP contribution >= 0.6 is 0 Å². The molecule has 1 aliphatic rings. The second kappa shape index (κ2) is 1.94. The molecule has 1 rings (SSSR count). The number of nitrogens with zero attached hydrogens (tertiary/aromatic N) is 1. The van der Waals surface area contributed by atoms with E-state index in [2.05, 4.69) is 0 Å². The van der Waals surface area contributed by atoms with Crippen LogP contribution in [0.1, 0.15) is 26.7 Å². The van der Waals surface area contributed by atoms with E-state index in [0.29, 0.717) is 6.42 Å². The molecule has 0 aromatic heterocycles. The Morgan fingerprint density at radius 1 is 1.67 bits per heavy atom. The first-order valence-corrected chi connectivity index (χ1v) is 3.18. The van der Waals surface area contributed by atoms with Gasteiger partial charge in [0.25, 0.3) is 0 Å². The molecular weight excluding hydrogens is 118 g/mol. The van der Waals surface area contributed by atoms with Gasteiger partial charge < -0.3 is 15.4 Å². The molecule has 1 N–H and O–H groups in total. The van der Waals surface area contributed by atoms with Crippen molar-refractivity contribution in [3.8, 4) is 0 Å². The molecule has 1 aliphatic heterocycles. The largest absolute Gasteiger partial charge is 0.783 e. The number of hydrogen-bond donors (Lipinski definition) is 1. The van der Waals surface area contributed by atoms with Crippen LogP contribution in [0.15, 0.2) is 0 Å². The highest BCUT2D eigenvalue weighted by Gasteiger charge is 2.31. The van der Waals surface area contributed by atoms with E-state index < -0.39 is 6.23 Å². The number of hydrogen-bond acceptors (Lipinski definition) is 3.